The number of anilines is 1. The number of nitrogens with one attached hydrogen (secondary N) is 1. The molecule has 0 unspecified atom stereocenters. The predicted octanol–water partition coefficient (Wildman–Crippen LogP) is 1.27. The van der Waals surface area contributed by atoms with Crippen molar-refractivity contribution in [3.63, 3.8) is 0 Å². The quantitative estimate of drug-likeness (QED) is 0.740. The highest BCUT2D eigenvalue weighted by molar-refractivity contribution is 6.67. The highest BCUT2D eigenvalue weighted by atomic mass is 35.5. The van der Waals surface area contributed by atoms with E-state index in [2.05, 4.69) is 0 Å². The third-order valence-corrected chi connectivity index (χ3v) is 1.71. The van der Waals surface area contributed by atoms with E-state index in [0.717, 1.165) is 6.07 Å². The first-order valence-corrected chi connectivity index (χ1v) is 3.82. The molecule has 7 heteroatoms. The first-order chi connectivity index (χ1) is 6.43. The van der Waals surface area contributed by atoms with Gasteiger partial charge in [-0.05, 0) is 17.7 Å². The summed E-state index contributed by atoms with van der Waals surface area (Å²) in [5.74, 6) is -0.244. The van der Waals surface area contributed by atoms with Gasteiger partial charge in [0.1, 0.15) is 11.4 Å². The molecule has 0 saturated carbocycles. The molecular weight excluding hydrogens is 218 g/mol. The summed E-state index contributed by atoms with van der Waals surface area (Å²) < 4.78 is 24.7. The van der Waals surface area contributed by atoms with Crippen LogP contribution in [0.1, 0.15) is 22.3 Å². The van der Waals surface area contributed by atoms with Crippen LogP contribution >= 0.6 is 11.6 Å². The lowest BCUT2D eigenvalue weighted by Crippen LogP contribution is -2.19. The van der Waals surface area contributed by atoms with Crippen molar-refractivity contribution < 1.29 is 13.6 Å². The number of halogens is 3. The molecule has 4 nitrogen and oxygen atoms in total. The van der Waals surface area contributed by atoms with Gasteiger partial charge in [0.25, 0.3) is 17.2 Å². The van der Waals surface area contributed by atoms with Crippen LogP contribution in [-0.4, -0.2) is 10.2 Å². The number of alkyl halides is 2. The second kappa shape index (κ2) is 3.75. The zero-order valence-electron chi connectivity index (χ0n) is 6.68. The van der Waals surface area contributed by atoms with Gasteiger partial charge in [0.2, 0.25) is 0 Å². The Kier molecular flexibility index (Phi) is 2.85. The van der Waals surface area contributed by atoms with Gasteiger partial charge < -0.3 is 10.7 Å². The maximum atomic E-state index is 12.3. The SMILES string of the molecule is Nc1cc(C(F)F)c(C(=O)Cl)c(=O)[nH]1. The first kappa shape index (κ1) is 10.6. The number of nitrogens with two attached hydrogens (primary N) is 1. The summed E-state index contributed by atoms with van der Waals surface area (Å²) >= 11 is 4.98. The summed E-state index contributed by atoms with van der Waals surface area (Å²) in [5, 5.41) is -1.23. The lowest BCUT2D eigenvalue weighted by atomic mass is 10.1. The third-order valence-electron chi connectivity index (χ3n) is 1.52. The van der Waals surface area contributed by atoms with Crippen LogP contribution in [0, 0.1) is 0 Å². The number of aromatic nitrogens is 1. The minimum Gasteiger partial charge on any atom is -0.385 e. The Bertz CT molecular complexity index is 430. The monoisotopic (exact) mass is 222 g/mol. The zero-order chi connectivity index (χ0) is 10.9. The van der Waals surface area contributed by atoms with Gasteiger partial charge in [0.05, 0.1) is 0 Å². The fraction of sp³-hybridized carbons (Fsp3) is 0.143. The standard InChI is InChI=1S/C7H5ClF2N2O2/c8-5(13)4-2(6(9)10)1-3(11)12-7(4)14/h1,6H,(H3,11,12,14). The van der Waals surface area contributed by atoms with Gasteiger partial charge in [-0.15, -0.1) is 0 Å². The summed E-state index contributed by atoms with van der Waals surface area (Å²) in [7, 11) is 0. The summed E-state index contributed by atoms with van der Waals surface area (Å²) in [4.78, 5) is 23.7. The van der Waals surface area contributed by atoms with Gasteiger partial charge >= 0.3 is 0 Å². The van der Waals surface area contributed by atoms with Gasteiger partial charge in [0, 0.05) is 5.56 Å². The zero-order valence-corrected chi connectivity index (χ0v) is 7.44. The molecule has 0 fully saturated rings. The fourth-order valence-electron chi connectivity index (χ4n) is 0.975. The molecule has 0 amide bonds. The largest absolute Gasteiger partial charge is 0.385 e. The molecular formula is C7H5ClF2N2O2. The van der Waals surface area contributed by atoms with Crippen molar-refractivity contribution in [1.82, 2.24) is 4.98 Å². The van der Waals surface area contributed by atoms with Crippen molar-refractivity contribution in [3.05, 3.63) is 27.5 Å². The predicted molar refractivity (Wildman–Crippen MR) is 46.6 cm³/mol. The smallest absolute Gasteiger partial charge is 0.264 e. The molecule has 14 heavy (non-hydrogen) atoms. The van der Waals surface area contributed by atoms with E-state index in [1.807, 2.05) is 4.98 Å². The number of hydrogen-bond acceptors (Lipinski definition) is 3. The van der Waals surface area contributed by atoms with E-state index in [-0.39, 0.29) is 5.82 Å². The molecule has 0 aliphatic heterocycles. The Balaban J connectivity index is 3.53. The maximum Gasteiger partial charge on any atom is 0.264 e. The molecule has 76 valence electrons. The molecule has 0 saturated heterocycles. The molecule has 0 aromatic carbocycles. The van der Waals surface area contributed by atoms with Crippen molar-refractivity contribution in [2.45, 2.75) is 6.43 Å². The van der Waals surface area contributed by atoms with Crippen molar-refractivity contribution in [1.29, 1.82) is 0 Å². The number of H-pyrrole nitrogens is 1. The van der Waals surface area contributed by atoms with E-state index < -0.39 is 28.4 Å². The molecule has 0 spiro atoms. The van der Waals surface area contributed by atoms with Crippen LogP contribution in [0.25, 0.3) is 0 Å². The van der Waals surface area contributed by atoms with Gasteiger partial charge in [-0.3, -0.25) is 9.59 Å². The summed E-state index contributed by atoms with van der Waals surface area (Å²) in [6, 6.07) is 0.807. The van der Waals surface area contributed by atoms with Crippen molar-refractivity contribution >= 4 is 22.7 Å². The summed E-state index contributed by atoms with van der Waals surface area (Å²) in [5.41, 5.74) is 2.58. The fourth-order valence-corrected chi connectivity index (χ4v) is 1.17. The van der Waals surface area contributed by atoms with Crippen LogP contribution in [0.15, 0.2) is 10.9 Å². The van der Waals surface area contributed by atoms with Gasteiger partial charge in [0.15, 0.2) is 0 Å². The van der Waals surface area contributed by atoms with E-state index >= 15 is 0 Å². The second-order valence-corrected chi connectivity index (χ2v) is 2.80. The van der Waals surface area contributed by atoms with Gasteiger partial charge in [-0.1, -0.05) is 0 Å². The molecule has 0 aliphatic rings. The lowest BCUT2D eigenvalue weighted by molar-refractivity contribution is 0.106. The van der Waals surface area contributed by atoms with Crippen molar-refractivity contribution in [3.8, 4) is 0 Å². The minimum atomic E-state index is -2.97. The Morgan fingerprint density at radius 1 is 1.57 bits per heavy atom. The van der Waals surface area contributed by atoms with Gasteiger partial charge in [-0.2, -0.15) is 0 Å². The average Bonchev–Trinajstić information content (AvgIpc) is 2.01. The van der Waals surface area contributed by atoms with E-state index in [1.165, 1.54) is 0 Å². The lowest BCUT2D eigenvalue weighted by Gasteiger charge is -2.04. The molecule has 1 rings (SSSR count). The first-order valence-electron chi connectivity index (χ1n) is 3.44. The van der Waals surface area contributed by atoms with Crippen LogP contribution in [0.2, 0.25) is 0 Å². The summed E-state index contributed by atoms with van der Waals surface area (Å²) in [6.45, 7) is 0. The van der Waals surface area contributed by atoms with Crippen LogP contribution in [0.4, 0.5) is 14.6 Å². The number of nitrogen functional groups attached to an aromatic ring is 1. The molecule has 0 aliphatic carbocycles. The van der Waals surface area contributed by atoms with Crippen molar-refractivity contribution in [2.24, 2.45) is 0 Å². The molecule has 3 N–H and O–H groups in total. The number of carbonyl (C=O) groups excluding carboxylic acids is 1. The Morgan fingerprint density at radius 3 is 2.57 bits per heavy atom. The highest BCUT2D eigenvalue weighted by Crippen LogP contribution is 2.22. The number of carbonyl (C=O) groups is 1. The van der Waals surface area contributed by atoms with Crippen LogP contribution in [0.5, 0.6) is 0 Å². The topological polar surface area (TPSA) is 76.0 Å². The number of aromatic amines is 1. The van der Waals surface area contributed by atoms with E-state index in [0.29, 0.717) is 0 Å². The normalized spacial score (nSPS) is 10.6. The Labute approximate surface area is 81.7 Å². The van der Waals surface area contributed by atoms with E-state index in [1.54, 1.807) is 0 Å². The molecule has 0 radical (unpaired) electrons. The highest BCUT2D eigenvalue weighted by Gasteiger charge is 2.21. The van der Waals surface area contributed by atoms with Crippen LogP contribution in [-0.2, 0) is 0 Å². The summed E-state index contributed by atoms with van der Waals surface area (Å²) in [6.07, 6.45) is -2.97. The number of hydrogen-bond donors (Lipinski definition) is 2. The van der Waals surface area contributed by atoms with Crippen molar-refractivity contribution in [2.75, 3.05) is 5.73 Å². The van der Waals surface area contributed by atoms with E-state index in [4.69, 9.17) is 17.3 Å². The van der Waals surface area contributed by atoms with Crippen LogP contribution in [0.3, 0.4) is 0 Å². The van der Waals surface area contributed by atoms with Crippen LogP contribution < -0.4 is 11.3 Å². The molecule has 0 bridgehead atoms. The number of rotatable bonds is 2. The molecule has 0 atom stereocenters. The molecule has 1 aromatic rings. The van der Waals surface area contributed by atoms with Gasteiger partial charge in [-0.25, -0.2) is 8.78 Å². The second-order valence-electron chi connectivity index (χ2n) is 2.46. The number of pyridine rings is 1. The average molecular weight is 223 g/mol. The minimum absolute atomic E-state index is 0.244. The third kappa shape index (κ3) is 1.90. The Morgan fingerprint density at radius 2 is 2.14 bits per heavy atom. The molecule has 1 aromatic heterocycles. The Hall–Kier alpha value is -1.43. The molecule has 1 heterocycles. The van der Waals surface area contributed by atoms with E-state index in [9.17, 15) is 18.4 Å². The maximum absolute atomic E-state index is 12.3.